The van der Waals surface area contributed by atoms with Gasteiger partial charge in [0, 0.05) is 23.3 Å². The Kier molecular flexibility index (Phi) is 3.91. The van der Waals surface area contributed by atoms with Gasteiger partial charge in [0.1, 0.15) is 5.78 Å². The van der Waals surface area contributed by atoms with Crippen molar-refractivity contribution < 1.29 is 4.79 Å². The average molecular weight is 272 g/mol. The average Bonchev–Trinajstić information content (AvgIpc) is 2.87. The molecule has 0 aromatic carbocycles. The molecule has 2 heterocycles. The van der Waals surface area contributed by atoms with E-state index in [0.717, 1.165) is 28.7 Å². The Morgan fingerprint density at radius 2 is 2.35 bits per heavy atom. The second kappa shape index (κ2) is 5.09. The zero-order chi connectivity index (χ0) is 12.5. The van der Waals surface area contributed by atoms with Crippen molar-refractivity contribution in [1.82, 2.24) is 5.32 Å². The van der Waals surface area contributed by atoms with Gasteiger partial charge in [-0.3, -0.25) is 4.79 Å². The summed E-state index contributed by atoms with van der Waals surface area (Å²) in [4.78, 5) is 13.6. The quantitative estimate of drug-likeness (QED) is 0.912. The number of halogens is 1. The predicted octanol–water partition coefficient (Wildman–Crippen LogP) is 3.15. The summed E-state index contributed by atoms with van der Waals surface area (Å²) in [5.41, 5.74) is -0.170. The minimum Gasteiger partial charge on any atom is -0.316 e. The van der Waals surface area contributed by atoms with E-state index in [0.29, 0.717) is 18.1 Å². The summed E-state index contributed by atoms with van der Waals surface area (Å²) in [6.07, 6.45) is 1.49. The molecule has 0 amide bonds. The summed E-state index contributed by atoms with van der Waals surface area (Å²) in [6.45, 7) is 6.07. The second-order valence-corrected chi connectivity index (χ2v) is 6.84. The highest BCUT2D eigenvalue weighted by Gasteiger charge is 2.43. The van der Waals surface area contributed by atoms with Gasteiger partial charge < -0.3 is 5.32 Å². The molecule has 1 unspecified atom stereocenters. The first-order valence-electron chi connectivity index (χ1n) is 6.03. The Bertz CT molecular complexity index is 407. The Hall–Kier alpha value is -0.380. The molecule has 1 saturated heterocycles. The molecule has 1 N–H and O–H groups in total. The number of thiophene rings is 1. The number of hydrogen-bond acceptors (Lipinski definition) is 3. The van der Waals surface area contributed by atoms with Crippen molar-refractivity contribution in [3.63, 3.8) is 0 Å². The van der Waals surface area contributed by atoms with Gasteiger partial charge in [-0.05, 0) is 31.0 Å². The Morgan fingerprint density at radius 3 is 2.82 bits per heavy atom. The van der Waals surface area contributed by atoms with Gasteiger partial charge in [0.15, 0.2) is 0 Å². The fraction of sp³-hybridized carbons (Fsp3) is 0.615. The number of rotatable bonds is 4. The van der Waals surface area contributed by atoms with Gasteiger partial charge in [0.2, 0.25) is 0 Å². The lowest BCUT2D eigenvalue weighted by molar-refractivity contribution is -0.129. The van der Waals surface area contributed by atoms with Gasteiger partial charge >= 0.3 is 0 Å². The van der Waals surface area contributed by atoms with Crippen molar-refractivity contribution >= 4 is 28.7 Å². The van der Waals surface area contributed by atoms with E-state index in [2.05, 4.69) is 19.2 Å². The van der Waals surface area contributed by atoms with Crippen LogP contribution in [0.25, 0.3) is 0 Å². The molecule has 0 radical (unpaired) electrons. The molecule has 0 bridgehead atoms. The summed E-state index contributed by atoms with van der Waals surface area (Å²) >= 11 is 7.41. The molecule has 2 nitrogen and oxygen atoms in total. The molecule has 1 aliphatic heterocycles. The lowest BCUT2D eigenvalue weighted by atomic mass is 9.72. The fourth-order valence-electron chi connectivity index (χ4n) is 2.55. The van der Waals surface area contributed by atoms with Crippen molar-refractivity contribution in [1.29, 1.82) is 0 Å². The van der Waals surface area contributed by atoms with E-state index in [1.165, 1.54) is 11.3 Å². The third-order valence-corrected chi connectivity index (χ3v) is 5.04. The summed E-state index contributed by atoms with van der Waals surface area (Å²) in [7, 11) is 0. The van der Waals surface area contributed by atoms with Crippen LogP contribution in [0, 0.1) is 11.3 Å². The predicted molar refractivity (Wildman–Crippen MR) is 72.8 cm³/mol. The molecule has 1 fully saturated rings. The molecular formula is C13H18ClNOS. The van der Waals surface area contributed by atoms with Crippen LogP contribution in [-0.4, -0.2) is 18.9 Å². The lowest BCUT2D eigenvalue weighted by Crippen LogP contribution is -2.39. The molecule has 1 aromatic rings. The molecule has 0 spiro atoms. The Balaban J connectivity index is 2.12. The van der Waals surface area contributed by atoms with E-state index < -0.39 is 0 Å². The van der Waals surface area contributed by atoms with Crippen molar-refractivity contribution in [3.8, 4) is 0 Å². The number of carbonyl (C=O) groups is 1. The standard InChI is InChI=1S/C13H18ClNOS/c1-9(2)13(5-6-15-8-13)11(16)7-10-3-4-12(14)17-10/h3-4,9,15H,5-8H2,1-2H3. The second-order valence-electron chi connectivity index (χ2n) is 5.04. The van der Waals surface area contributed by atoms with Crippen LogP contribution in [0.5, 0.6) is 0 Å². The number of Topliss-reactive ketones (excluding diaryl/α,β-unsaturated/α-hetero) is 1. The molecular weight excluding hydrogens is 254 g/mol. The van der Waals surface area contributed by atoms with Gasteiger partial charge in [-0.25, -0.2) is 0 Å². The van der Waals surface area contributed by atoms with Crippen LogP contribution >= 0.6 is 22.9 Å². The largest absolute Gasteiger partial charge is 0.316 e. The SMILES string of the molecule is CC(C)C1(C(=O)Cc2ccc(Cl)s2)CCNC1. The minimum atomic E-state index is -0.170. The van der Waals surface area contributed by atoms with E-state index >= 15 is 0 Å². The number of carbonyl (C=O) groups excluding carboxylic acids is 1. The molecule has 0 aliphatic carbocycles. The first-order valence-corrected chi connectivity index (χ1v) is 7.22. The molecule has 1 aliphatic rings. The fourth-order valence-corrected chi connectivity index (χ4v) is 3.63. The maximum absolute atomic E-state index is 12.5. The third kappa shape index (κ3) is 2.56. The summed E-state index contributed by atoms with van der Waals surface area (Å²) in [5.74, 6) is 0.747. The van der Waals surface area contributed by atoms with Crippen LogP contribution in [0.2, 0.25) is 4.34 Å². The number of hydrogen-bond donors (Lipinski definition) is 1. The van der Waals surface area contributed by atoms with E-state index in [1.807, 2.05) is 12.1 Å². The van der Waals surface area contributed by atoms with Crippen molar-refractivity contribution in [2.45, 2.75) is 26.7 Å². The van der Waals surface area contributed by atoms with Crippen LogP contribution in [0.3, 0.4) is 0 Å². The van der Waals surface area contributed by atoms with Gasteiger partial charge in [0.05, 0.1) is 4.34 Å². The lowest BCUT2D eigenvalue weighted by Gasteiger charge is -2.30. The Labute approximate surface area is 111 Å². The van der Waals surface area contributed by atoms with E-state index in [4.69, 9.17) is 11.6 Å². The normalized spacial score (nSPS) is 24.5. The first-order chi connectivity index (χ1) is 8.04. The van der Waals surface area contributed by atoms with Crippen LogP contribution in [-0.2, 0) is 11.2 Å². The molecule has 1 aromatic heterocycles. The molecule has 2 rings (SSSR count). The zero-order valence-electron chi connectivity index (χ0n) is 10.3. The summed E-state index contributed by atoms with van der Waals surface area (Å²) in [5, 5.41) is 3.32. The van der Waals surface area contributed by atoms with Gasteiger partial charge in [0.25, 0.3) is 0 Å². The maximum atomic E-state index is 12.5. The molecule has 4 heteroatoms. The number of nitrogens with one attached hydrogen (secondary N) is 1. The van der Waals surface area contributed by atoms with Crippen LogP contribution in [0.15, 0.2) is 12.1 Å². The molecule has 17 heavy (non-hydrogen) atoms. The highest BCUT2D eigenvalue weighted by molar-refractivity contribution is 7.16. The summed E-state index contributed by atoms with van der Waals surface area (Å²) < 4.78 is 0.760. The van der Waals surface area contributed by atoms with E-state index in [1.54, 1.807) is 0 Å². The molecule has 1 atom stereocenters. The van der Waals surface area contributed by atoms with Crippen LogP contribution < -0.4 is 5.32 Å². The van der Waals surface area contributed by atoms with Crippen molar-refractivity contribution in [2.75, 3.05) is 13.1 Å². The number of ketones is 1. The summed E-state index contributed by atoms with van der Waals surface area (Å²) in [6, 6.07) is 3.82. The van der Waals surface area contributed by atoms with E-state index in [9.17, 15) is 4.79 Å². The van der Waals surface area contributed by atoms with Gasteiger partial charge in [-0.15, -0.1) is 11.3 Å². The zero-order valence-corrected chi connectivity index (χ0v) is 11.8. The minimum absolute atomic E-state index is 0.170. The van der Waals surface area contributed by atoms with Crippen molar-refractivity contribution in [2.24, 2.45) is 11.3 Å². The topological polar surface area (TPSA) is 29.1 Å². The highest BCUT2D eigenvalue weighted by Crippen LogP contribution is 2.37. The van der Waals surface area contributed by atoms with Gasteiger partial charge in [-0.2, -0.15) is 0 Å². The van der Waals surface area contributed by atoms with Crippen LogP contribution in [0.4, 0.5) is 0 Å². The van der Waals surface area contributed by atoms with Crippen molar-refractivity contribution in [3.05, 3.63) is 21.3 Å². The molecule has 0 saturated carbocycles. The smallest absolute Gasteiger partial charge is 0.145 e. The third-order valence-electron chi connectivity index (χ3n) is 3.81. The van der Waals surface area contributed by atoms with E-state index in [-0.39, 0.29) is 5.41 Å². The molecule has 94 valence electrons. The highest BCUT2D eigenvalue weighted by atomic mass is 35.5. The van der Waals surface area contributed by atoms with Crippen LogP contribution in [0.1, 0.15) is 25.1 Å². The monoisotopic (exact) mass is 271 g/mol. The first kappa shape index (κ1) is 13.1. The Morgan fingerprint density at radius 1 is 1.59 bits per heavy atom. The maximum Gasteiger partial charge on any atom is 0.145 e. The van der Waals surface area contributed by atoms with Gasteiger partial charge in [-0.1, -0.05) is 25.4 Å².